The van der Waals surface area contributed by atoms with Crippen LogP contribution in [0.2, 0.25) is 0 Å². The molecule has 3 heteroatoms. The van der Waals surface area contributed by atoms with Gasteiger partial charge in [0.2, 0.25) is 0 Å². The minimum absolute atomic E-state index is 0.176. The highest BCUT2D eigenvalue weighted by atomic mass is 32.2. The molecule has 0 unspecified atom stereocenters. The second kappa shape index (κ2) is 7.61. The third-order valence-electron chi connectivity index (χ3n) is 4.88. The molecule has 0 aliphatic rings. The summed E-state index contributed by atoms with van der Waals surface area (Å²) in [7, 11) is 0. The predicted octanol–water partition coefficient (Wildman–Crippen LogP) is 6.74. The summed E-state index contributed by atoms with van der Waals surface area (Å²) in [5, 5.41) is 1.25. The van der Waals surface area contributed by atoms with Gasteiger partial charge < -0.3 is 4.57 Å². The largest absolute Gasteiger partial charge is 0.342 e. The molecule has 4 aromatic rings. The van der Waals surface area contributed by atoms with Crippen molar-refractivity contribution in [2.75, 3.05) is 0 Å². The Morgan fingerprint density at radius 3 is 2.63 bits per heavy atom. The molecule has 1 aromatic heterocycles. The fourth-order valence-electron chi connectivity index (χ4n) is 3.40. The number of benzene rings is 3. The van der Waals surface area contributed by atoms with Crippen molar-refractivity contribution < 1.29 is 4.39 Å². The number of fused-ring (bicyclic) bond motifs is 1. The molecule has 0 bridgehead atoms. The van der Waals surface area contributed by atoms with Crippen molar-refractivity contribution in [2.24, 2.45) is 0 Å². The zero-order chi connectivity index (χ0) is 18.8. The number of hydrogen-bond acceptors (Lipinski definition) is 1. The average molecular weight is 376 g/mol. The number of thioether (sulfide) groups is 1. The third-order valence-corrected chi connectivity index (χ3v) is 5.99. The van der Waals surface area contributed by atoms with E-state index in [4.69, 9.17) is 0 Å². The van der Waals surface area contributed by atoms with Crippen LogP contribution in [-0.2, 0) is 12.3 Å². The molecule has 0 spiro atoms. The zero-order valence-electron chi connectivity index (χ0n) is 15.6. The van der Waals surface area contributed by atoms with Crippen molar-refractivity contribution in [1.29, 1.82) is 0 Å². The Morgan fingerprint density at radius 2 is 1.78 bits per heavy atom. The summed E-state index contributed by atoms with van der Waals surface area (Å²) in [6, 6.07) is 22.0. The van der Waals surface area contributed by atoms with Crippen LogP contribution >= 0.6 is 11.8 Å². The molecule has 0 saturated heterocycles. The van der Waals surface area contributed by atoms with E-state index >= 15 is 0 Å². The van der Waals surface area contributed by atoms with Gasteiger partial charge in [0.25, 0.3) is 0 Å². The van der Waals surface area contributed by atoms with Gasteiger partial charge in [0, 0.05) is 34.3 Å². The van der Waals surface area contributed by atoms with E-state index in [2.05, 4.69) is 67.1 Å². The van der Waals surface area contributed by atoms with E-state index in [1.807, 2.05) is 6.07 Å². The highest BCUT2D eigenvalue weighted by molar-refractivity contribution is 7.98. The Labute approximate surface area is 163 Å². The third kappa shape index (κ3) is 3.93. The van der Waals surface area contributed by atoms with Crippen molar-refractivity contribution in [3.63, 3.8) is 0 Å². The first-order valence-electron chi connectivity index (χ1n) is 9.11. The van der Waals surface area contributed by atoms with Gasteiger partial charge in [0.15, 0.2) is 0 Å². The molecule has 4 rings (SSSR count). The molecule has 0 aliphatic carbocycles. The fourth-order valence-corrected chi connectivity index (χ4v) is 4.43. The molecule has 0 fully saturated rings. The lowest BCUT2D eigenvalue weighted by molar-refractivity contribution is 0.626. The maximum atomic E-state index is 13.4. The standard InChI is InChI=1S/C24H22FNS/c1-17-10-11-18(2)20(12-17)14-26-15-24(22-8-3-4-9-23(22)26)27-16-19-6-5-7-21(25)13-19/h3-13,15H,14,16H2,1-2H3. The molecule has 27 heavy (non-hydrogen) atoms. The first kappa shape index (κ1) is 17.9. The molecule has 0 amide bonds. The van der Waals surface area contributed by atoms with Crippen LogP contribution in [0.1, 0.15) is 22.3 Å². The normalized spacial score (nSPS) is 11.2. The summed E-state index contributed by atoms with van der Waals surface area (Å²) in [6.45, 7) is 5.16. The SMILES string of the molecule is Cc1ccc(C)c(Cn2cc(SCc3cccc(F)c3)c3ccccc32)c1. The van der Waals surface area contributed by atoms with Crippen LogP contribution in [0.25, 0.3) is 10.9 Å². The summed E-state index contributed by atoms with van der Waals surface area (Å²) in [6.07, 6.45) is 2.23. The maximum absolute atomic E-state index is 13.4. The van der Waals surface area contributed by atoms with Gasteiger partial charge in [-0.25, -0.2) is 4.39 Å². The number of aryl methyl sites for hydroxylation is 2. The molecular formula is C24H22FNS. The number of rotatable bonds is 5. The Balaban J connectivity index is 1.65. The van der Waals surface area contributed by atoms with E-state index in [1.54, 1.807) is 23.9 Å². The number of nitrogens with zero attached hydrogens (tertiary/aromatic N) is 1. The molecule has 3 aromatic carbocycles. The highest BCUT2D eigenvalue weighted by Crippen LogP contribution is 2.33. The number of para-hydroxylation sites is 1. The second-order valence-electron chi connectivity index (χ2n) is 6.99. The van der Waals surface area contributed by atoms with Crippen molar-refractivity contribution in [2.45, 2.75) is 31.0 Å². The van der Waals surface area contributed by atoms with Gasteiger partial charge in [-0.3, -0.25) is 0 Å². The molecule has 1 heterocycles. The van der Waals surface area contributed by atoms with Crippen molar-refractivity contribution >= 4 is 22.7 Å². The first-order chi connectivity index (χ1) is 13.1. The molecular weight excluding hydrogens is 353 g/mol. The summed E-state index contributed by atoms with van der Waals surface area (Å²) >= 11 is 1.76. The van der Waals surface area contributed by atoms with Crippen LogP contribution in [0.3, 0.4) is 0 Å². The molecule has 1 nitrogen and oxygen atoms in total. The summed E-state index contributed by atoms with van der Waals surface area (Å²) in [5.74, 6) is 0.584. The van der Waals surface area contributed by atoms with Crippen molar-refractivity contribution in [3.05, 3.63) is 101 Å². The molecule has 0 atom stereocenters. The zero-order valence-corrected chi connectivity index (χ0v) is 16.4. The molecule has 0 N–H and O–H groups in total. The smallest absolute Gasteiger partial charge is 0.123 e. The maximum Gasteiger partial charge on any atom is 0.123 e. The van der Waals surface area contributed by atoms with E-state index in [-0.39, 0.29) is 5.82 Å². The van der Waals surface area contributed by atoms with E-state index in [9.17, 15) is 4.39 Å². The van der Waals surface area contributed by atoms with Crippen molar-refractivity contribution in [1.82, 2.24) is 4.57 Å². The highest BCUT2D eigenvalue weighted by Gasteiger charge is 2.10. The lowest BCUT2D eigenvalue weighted by atomic mass is 10.1. The lowest BCUT2D eigenvalue weighted by Crippen LogP contribution is -2.00. The van der Waals surface area contributed by atoms with Gasteiger partial charge >= 0.3 is 0 Å². The minimum atomic E-state index is -0.176. The predicted molar refractivity (Wildman–Crippen MR) is 113 cm³/mol. The van der Waals surface area contributed by atoms with Gasteiger partial charge in [-0.2, -0.15) is 0 Å². The van der Waals surface area contributed by atoms with Crippen LogP contribution in [-0.4, -0.2) is 4.57 Å². The lowest BCUT2D eigenvalue weighted by Gasteiger charge is -2.09. The molecule has 0 saturated carbocycles. The molecule has 136 valence electrons. The van der Waals surface area contributed by atoms with E-state index < -0.39 is 0 Å². The topological polar surface area (TPSA) is 4.93 Å². The Morgan fingerprint density at radius 1 is 0.926 bits per heavy atom. The molecule has 0 radical (unpaired) electrons. The summed E-state index contributed by atoms with van der Waals surface area (Å²) in [5.41, 5.74) is 6.18. The van der Waals surface area contributed by atoms with Gasteiger partial charge in [0.05, 0.1) is 0 Å². The summed E-state index contributed by atoms with van der Waals surface area (Å²) in [4.78, 5) is 1.24. The second-order valence-corrected chi connectivity index (χ2v) is 8.00. The van der Waals surface area contributed by atoms with Crippen LogP contribution < -0.4 is 0 Å². The van der Waals surface area contributed by atoms with Crippen molar-refractivity contribution in [3.8, 4) is 0 Å². The monoisotopic (exact) mass is 375 g/mol. The first-order valence-corrected chi connectivity index (χ1v) is 10.1. The van der Waals surface area contributed by atoms with E-state index in [1.165, 1.54) is 38.6 Å². The Kier molecular flexibility index (Phi) is 5.04. The number of halogens is 1. The minimum Gasteiger partial charge on any atom is -0.342 e. The Hall–Kier alpha value is -2.52. The molecule has 0 aliphatic heterocycles. The van der Waals surface area contributed by atoms with Gasteiger partial charge in [-0.05, 0) is 48.7 Å². The van der Waals surface area contributed by atoms with Gasteiger partial charge in [-0.1, -0.05) is 54.1 Å². The fraction of sp³-hybridized carbons (Fsp3) is 0.167. The van der Waals surface area contributed by atoms with Crippen LogP contribution in [0.5, 0.6) is 0 Å². The number of aromatic nitrogens is 1. The van der Waals surface area contributed by atoms with Crippen LogP contribution in [0.15, 0.2) is 77.8 Å². The number of hydrogen-bond donors (Lipinski definition) is 0. The average Bonchev–Trinajstić information content (AvgIpc) is 3.01. The van der Waals surface area contributed by atoms with E-state index in [0.717, 1.165) is 17.9 Å². The van der Waals surface area contributed by atoms with Gasteiger partial charge in [-0.15, -0.1) is 11.8 Å². The summed E-state index contributed by atoms with van der Waals surface area (Å²) < 4.78 is 15.8. The van der Waals surface area contributed by atoms with Crippen LogP contribution in [0, 0.1) is 19.7 Å². The Bertz CT molecular complexity index is 1100. The van der Waals surface area contributed by atoms with E-state index in [0.29, 0.717) is 0 Å². The van der Waals surface area contributed by atoms with Gasteiger partial charge in [0.1, 0.15) is 5.82 Å². The quantitative estimate of drug-likeness (QED) is 0.350. The van der Waals surface area contributed by atoms with Crippen LogP contribution in [0.4, 0.5) is 4.39 Å².